The van der Waals surface area contributed by atoms with Crippen LogP contribution in [-0.4, -0.2) is 31.0 Å². The van der Waals surface area contributed by atoms with Gasteiger partial charge in [-0.25, -0.2) is 13.1 Å². The maximum Gasteiger partial charge on any atom is 0.303 e. The molecule has 0 aliphatic heterocycles. The second-order valence-corrected chi connectivity index (χ2v) is 5.68. The Hall–Kier alpha value is -1.47. The number of carboxylic acids is 1. The monoisotopic (exact) mass is 272 g/mol. The van der Waals surface area contributed by atoms with Crippen LogP contribution in [0.25, 0.3) is 0 Å². The molecule has 0 saturated heterocycles. The molecule has 0 aliphatic rings. The number of hydrogen-bond donors (Lipinski definition) is 2. The van der Waals surface area contributed by atoms with E-state index in [4.69, 9.17) is 5.11 Å². The highest BCUT2D eigenvalue weighted by atomic mass is 32.2. The fourth-order valence-electron chi connectivity index (χ4n) is 1.42. The first kappa shape index (κ1) is 14.6. The summed E-state index contributed by atoms with van der Waals surface area (Å²) >= 11 is 0. The van der Waals surface area contributed by atoms with Crippen LogP contribution < -0.4 is 4.72 Å². The molecule has 1 atom stereocenters. The van der Waals surface area contributed by atoms with Crippen LogP contribution >= 0.6 is 0 Å². The van der Waals surface area contributed by atoms with Gasteiger partial charge in [0.15, 0.2) is 0 Å². The van der Waals surface area contributed by atoms with Gasteiger partial charge in [0.1, 0.15) is 4.90 Å². The number of sulfonamides is 1. The fraction of sp³-hybridized carbons (Fsp3) is 0.455. The molecule has 1 rings (SSSR count). The summed E-state index contributed by atoms with van der Waals surface area (Å²) in [7, 11) is -3.61. The van der Waals surface area contributed by atoms with Crippen LogP contribution in [0.3, 0.4) is 0 Å². The number of nitrogens with zero attached hydrogens (tertiary/aromatic N) is 1. The molecule has 0 radical (unpaired) electrons. The number of carbonyl (C=O) groups is 1. The van der Waals surface area contributed by atoms with Gasteiger partial charge in [-0.05, 0) is 18.1 Å². The predicted octanol–water partition coefficient (Wildman–Crippen LogP) is 0.861. The van der Waals surface area contributed by atoms with E-state index in [-0.39, 0.29) is 23.8 Å². The van der Waals surface area contributed by atoms with Gasteiger partial charge in [-0.1, -0.05) is 13.3 Å². The van der Waals surface area contributed by atoms with Gasteiger partial charge in [-0.3, -0.25) is 9.78 Å². The van der Waals surface area contributed by atoms with Gasteiger partial charge in [0, 0.05) is 25.4 Å². The molecule has 1 aromatic heterocycles. The largest absolute Gasteiger partial charge is 0.481 e. The SMILES string of the molecule is CCC(CNS(=O)(=O)c1cccnc1)CC(=O)O. The van der Waals surface area contributed by atoms with Crippen LogP contribution in [0.4, 0.5) is 0 Å². The molecular formula is C11H16N2O4S. The Morgan fingerprint density at radius 3 is 2.78 bits per heavy atom. The van der Waals surface area contributed by atoms with Gasteiger partial charge >= 0.3 is 5.97 Å². The molecule has 0 fully saturated rings. The Kier molecular flexibility index (Phi) is 5.24. The minimum Gasteiger partial charge on any atom is -0.481 e. The normalized spacial score (nSPS) is 13.2. The van der Waals surface area contributed by atoms with E-state index in [1.54, 1.807) is 0 Å². The van der Waals surface area contributed by atoms with Crippen molar-refractivity contribution in [3.8, 4) is 0 Å². The number of rotatable bonds is 7. The summed E-state index contributed by atoms with van der Waals surface area (Å²) in [6, 6.07) is 2.97. The number of nitrogens with one attached hydrogen (secondary N) is 1. The smallest absolute Gasteiger partial charge is 0.303 e. The van der Waals surface area contributed by atoms with E-state index in [0.717, 1.165) is 0 Å². The van der Waals surface area contributed by atoms with Crippen LogP contribution in [-0.2, 0) is 14.8 Å². The van der Waals surface area contributed by atoms with Gasteiger partial charge in [-0.2, -0.15) is 0 Å². The zero-order valence-electron chi connectivity index (χ0n) is 10.0. The number of carboxylic acid groups (broad SMARTS) is 1. The van der Waals surface area contributed by atoms with Crippen molar-refractivity contribution < 1.29 is 18.3 Å². The lowest BCUT2D eigenvalue weighted by molar-refractivity contribution is -0.138. The molecule has 1 heterocycles. The van der Waals surface area contributed by atoms with E-state index in [9.17, 15) is 13.2 Å². The average Bonchev–Trinajstić information content (AvgIpc) is 2.35. The van der Waals surface area contributed by atoms with Crippen molar-refractivity contribution >= 4 is 16.0 Å². The second-order valence-electron chi connectivity index (χ2n) is 3.91. The van der Waals surface area contributed by atoms with Crippen molar-refractivity contribution in [3.63, 3.8) is 0 Å². The Bertz CT molecular complexity index is 487. The number of hydrogen-bond acceptors (Lipinski definition) is 4. The summed E-state index contributed by atoms with van der Waals surface area (Å²) in [5.74, 6) is -1.14. The number of aliphatic carboxylic acids is 1. The minimum atomic E-state index is -3.61. The molecule has 0 amide bonds. The highest BCUT2D eigenvalue weighted by Gasteiger charge is 2.17. The summed E-state index contributed by atoms with van der Waals surface area (Å²) in [6.07, 6.45) is 3.28. The molecule has 1 aromatic rings. The lowest BCUT2D eigenvalue weighted by Gasteiger charge is -2.13. The highest BCUT2D eigenvalue weighted by molar-refractivity contribution is 7.89. The van der Waals surface area contributed by atoms with Gasteiger partial charge in [0.25, 0.3) is 0 Å². The van der Waals surface area contributed by atoms with Crippen molar-refractivity contribution in [2.75, 3.05) is 6.54 Å². The van der Waals surface area contributed by atoms with E-state index in [2.05, 4.69) is 9.71 Å². The zero-order chi connectivity index (χ0) is 13.6. The summed E-state index contributed by atoms with van der Waals surface area (Å²) in [5, 5.41) is 8.67. The molecule has 0 saturated carbocycles. The van der Waals surface area contributed by atoms with Crippen LogP contribution in [0, 0.1) is 5.92 Å². The zero-order valence-corrected chi connectivity index (χ0v) is 10.9. The maximum atomic E-state index is 11.8. The summed E-state index contributed by atoms with van der Waals surface area (Å²) in [4.78, 5) is 14.4. The quantitative estimate of drug-likeness (QED) is 0.767. The average molecular weight is 272 g/mol. The van der Waals surface area contributed by atoms with E-state index in [1.807, 2.05) is 6.92 Å². The fourth-order valence-corrected chi connectivity index (χ4v) is 2.50. The highest BCUT2D eigenvalue weighted by Crippen LogP contribution is 2.10. The third-order valence-electron chi connectivity index (χ3n) is 2.55. The van der Waals surface area contributed by atoms with Gasteiger partial charge in [0.2, 0.25) is 10.0 Å². The Morgan fingerprint density at radius 2 is 2.28 bits per heavy atom. The van der Waals surface area contributed by atoms with Crippen LogP contribution in [0.1, 0.15) is 19.8 Å². The molecule has 18 heavy (non-hydrogen) atoms. The molecule has 0 spiro atoms. The van der Waals surface area contributed by atoms with E-state index in [1.165, 1.54) is 24.5 Å². The molecule has 2 N–H and O–H groups in total. The number of pyridine rings is 1. The molecule has 0 bridgehead atoms. The van der Waals surface area contributed by atoms with Crippen molar-refractivity contribution in [2.45, 2.75) is 24.7 Å². The summed E-state index contributed by atoms with van der Waals surface area (Å²) < 4.78 is 26.1. The Labute approximate surface area is 106 Å². The van der Waals surface area contributed by atoms with E-state index >= 15 is 0 Å². The first-order valence-corrected chi connectivity index (χ1v) is 7.05. The first-order chi connectivity index (χ1) is 8.45. The Balaban J connectivity index is 2.64. The third kappa shape index (κ3) is 4.42. The van der Waals surface area contributed by atoms with Crippen molar-refractivity contribution in [1.82, 2.24) is 9.71 Å². The summed E-state index contributed by atoms with van der Waals surface area (Å²) in [5.41, 5.74) is 0. The van der Waals surface area contributed by atoms with Crippen molar-refractivity contribution in [2.24, 2.45) is 5.92 Å². The predicted molar refractivity (Wildman–Crippen MR) is 65.5 cm³/mol. The topological polar surface area (TPSA) is 96.4 Å². The van der Waals surface area contributed by atoms with E-state index in [0.29, 0.717) is 6.42 Å². The van der Waals surface area contributed by atoms with E-state index < -0.39 is 16.0 Å². The van der Waals surface area contributed by atoms with Crippen LogP contribution in [0.15, 0.2) is 29.4 Å². The molecule has 6 nitrogen and oxygen atoms in total. The summed E-state index contributed by atoms with van der Waals surface area (Å²) in [6.45, 7) is 1.94. The standard InChI is InChI=1S/C11H16N2O4S/c1-2-9(6-11(14)15)7-13-18(16,17)10-4-3-5-12-8-10/h3-5,8-9,13H,2,6-7H2,1H3,(H,14,15). The lowest BCUT2D eigenvalue weighted by atomic mass is 10.0. The maximum absolute atomic E-state index is 11.8. The lowest BCUT2D eigenvalue weighted by Crippen LogP contribution is -2.30. The molecule has 0 aromatic carbocycles. The van der Waals surface area contributed by atoms with Gasteiger partial charge in [0.05, 0.1) is 0 Å². The van der Waals surface area contributed by atoms with Gasteiger partial charge in [-0.15, -0.1) is 0 Å². The third-order valence-corrected chi connectivity index (χ3v) is 3.96. The molecule has 1 unspecified atom stereocenters. The van der Waals surface area contributed by atoms with Crippen LogP contribution in [0.5, 0.6) is 0 Å². The number of aromatic nitrogens is 1. The molecule has 0 aliphatic carbocycles. The molecular weight excluding hydrogens is 256 g/mol. The van der Waals surface area contributed by atoms with Gasteiger partial charge < -0.3 is 5.11 Å². The van der Waals surface area contributed by atoms with Crippen molar-refractivity contribution in [1.29, 1.82) is 0 Å². The van der Waals surface area contributed by atoms with Crippen molar-refractivity contribution in [3.05, 3.63) is 24.5 Å². The minimum absolute atomic E-state index is 0.0495. The molecule has 100 valence electrons. The Morgan fingerprint density at radius 1 is 1.56 bits per heavy atom. The molecule has 7 heteroatoms. The first-order valence-electron chi connectivity index (χ1n) is 5.57. The van der Waals surface area contributed by atoms with Crippen LogP contribution in [0.2, 0.25) is 0 Å². The second kappa shape index (κ2) is 6.46.